The average Bonchev–Trinajstić information content (AvgIpc) is 3.63. The van der Waals surface area contributed by atoms with E-state index in [1.807, 2.05) is 66.9 Å². The van der Waals surface area contributed by atoms with Crippen LogP contribution in [-0.2, 0) is 18.9 Å². The van der Waals surface area contributed by atoms with Gasteiger partial charge in [0.05, 0.1) is 28.7 Å². The van der Waals surface area contributed by atoms with E-state index in [4.69, 9.17) is 32.3 Å². The lowest BCUT2D eigenvalue weighted by Crippen LogP contribution is -2.45. The van der Waals surface area contributed by atoms with E-state index in [1.54, 1.807) is 43.0 Å². The Balaban J connectivity index is 1.63. The molecule has 4 aromatic heterocycles. The van der Waals surface area contributed by atoms with E-state index in [2.05, 4.69) is 9.97 Å². The van der Waals surface area contributed by atoms with E-state index in [0.717, 1.165) is 10.8 Å². The minimum atomic E-state index is -1.74. The molecule has 11 nitrogen and oxygen atoms in total. The Morgan fingerprint density at radius 2 is 1.52 bits per heavy atom. The zero-order chi connectivity index (χ0) is 34.0. The van der Waals surface area contributed by atoms with Crippen LogP contribution in [0.25, 0.3) is 43.9 Å². The van der Waals surface area contributed by atoms with Crippen LogP contribution in [0.4, 0.5) is 17.6 Å². The summed E-state index contributed by atoms with van der Waals surface area (Å²) in [4.78, 5) is 24.8. The summed E-state index contributed by atoms with van der Waals surface area (Å²) in [5.41, 5.74) is 7.64. The summed E-state index contributed by atoms with van der Waals surface area (Å²) in [7, 11) is 0. The summed E-state index contributed by atoms with van der Waals surface area (Å²) < 4.78 is 1.82. The Labute approximate surface area is 281 Å². The van der Waals surface area contributed by atoms with Gasteiger partial charge in [-0.3, -0.25) is 4.90 Å². The molecule has 4 heterocycles. The number of nitrogen functional groups attached to an aromatic ring is 1. The van der Waals surface area contributed by atoms with Gasteiger partial charge in [-0.05, 0) is 44.0 Å². The van der Waals surface area contributed by atoms with Crippen molar-refractivity contribution in [2.45, 2.75) is 58.6 Å². The molecule has 0 amide bonds. The van der Waals surface area contributed by atoms with Gasteiger partial charge in [-0.2, -0.15) is 0 Å². The van der Waals surface area contributed by atoms with Gasteiger partial charge in [0.2, 0.25) is 5.95 Å². The fraction of sp³-hybridized carbons (Fsp3) is 0.278. The van der Waals surface area contributed by atoms with Gasteiger partial charge in [-0.25, -0.2) is 19.9 Å². The van der Waals surface area contributed by atoms with Crippen molar-refractivity contribution in [2.75, 3.05) is 10.6 Å². The Hall–Kier alpha value is -4.81. The summed E-state index contributed by atoms with van der Waals surface area (Å²) in [6, 6.07) is 22.3. The third kappa shape index (κ3) is 5.38. The number of anilines is 3. The molecule has 0 fully saturated rings. The van der Waals surface area contributed by atoms with Crippen LogP contribution >= 0.6 is 11.6 Å². The molecule has 0 spiro atoms. The molecule has 0 bridgehead atoms. The number of nitrogens with two attached hydrogens (primary N) is 1. The summed E-state index contributed by atoms with van der Waals surface area (Å²) >= 11 is 6.34. The second-order valence-electron chi connectivity index (χ2n) is 13.3. The number of pyridine rings is 2. The van der Waals surface area contributed by atoms with Gasteiger partial charge in [0.25, 0.3) is 0 Å². The molecule has 48 heavy (non-hydrogen) atoms. The Bertz CT molecular complexity index is 2310. The van der Waals surface area contributed by atoms with Crippen molar-refractivity contribution in [3.63, 3.8) is 0 Å². The number of aliphatic hydroxyl groups is 3. The molecule has 0 saturated carbocycles. The molecule has 0 saturated heterocycles. The normalized spacial score (nSPS) is 13.7. The lowest BCUT2D eigenvalue weighted by Gasteiger charge is -2.40. The van der Waals surface area contributed by atoms with Gasteiger partial charge in [0.1, 0.15) is 34.8 Å². The molecule has 7 aromatic rings. The zero-order valence-electron chi connectivity index (χ0n) is 27.1. The number of hydrogen-bond donors (Lipinski definition) is 5. The Morgan fingerprint density at radius 1 is 0.875 bits per heavy atom. The number of aromatic nitrogens is 6. The number of H-pyrrole nitrogens is 1. The number of para-hydroxylation sites is 2. The molecule has 0 radical (unpaired) electrons. The molecule has 0 aliphatic heterocycles. The fourth-order valence-corrected chi connectivity index (χ4v) is 6.71. The summed E-state index contributed by atoms with van der Waals surface area (Å²) in [6.45, 7) is 7.23. The molecule has 1 unspecified atom stereocenters. The SMILES string of the molecule is CC(C)CC(O)(c1ccc(Cl)cc1)N(c1nc2c([nH]1)c(N)nc1ccccc12)c1nc2ccccc2c2c1nc(CO)n2CC(C)(C)O. The van der Waals surface area contributed by atoms with Crippen molar-refractivity contribution in [2.24, 2.45) is 5.92 Å². The lowest BCUT2D eigenvalue weighted by atomic mass is 9.91. The third-order valence-corrected chi connectivity index (χ3v) is 8.72. The van der Waals surface area contributed by atoms with Crippen LogP contribution < -0.4 is 10.6 Å². The van der Waals surface area contributed by atoms with Crippen LogP contribution in [0.15, 0.2) is 72.8 Å². The highest BCUT2D eigenvalue weighted by Gasteiger charge is 2.43. The molecule has 6 N–H and O–H groups in total. The Morgan fingerprint density at radius 3 is 2.17 bits per heavy atom. The number of benzene rings is 3. The number of hydrogen-bond acceptors (Lipinski definition) is 9. The number of aliphatic hydroxyl groups excluding tert-OH is 1. The van der Waals surface area contributed by atoms with Crippen LogP contribution in [0.1, 0.15) is 45.5 Å². The highest BCUT2D eigenvalue weighted by Crippen LogP contribution is 2.45. The lowest BCUT2D eigenvalue weighted by molar-refractivity contribution is 0.0205. The van der Waals surface area contributed by atoms with Crippen molar-refractivity contribution in [1.29, 1.82) is 0 Å². The predicted octanol–water partition coefficient (Wildman–Crippen LogP) is 6.54. The summed E-state index contributed by atoms with van der Waals surface area (Å²) in [5.74, 6) is 1.16. The second-order valence-corrected chi connectivity index (χ2v) is 13.7. The fourth-order valence-electron chi connectivity index (χ4n) is 6.58. The molecule has 3 aromatic carbocycles. The number of aromatic amines is 1. The van der Waals surface area contributed by atoms with E-state index >= 15 is 0 Å². The van der Waals surface area contributed by atoms with E-state index in [-0.39, 0.29) is 37.3 Å². The van der Waals surface area contributed by atoms with Gasteiger partial charge >= 0.3 is 0 Å². The molecule has 1 atom stereocenters. The van der Waals surface area contributed by atoms with E-state index in [9.17, 15) is 15.3 Å². The van der Waals surface area contributed by atoms with Crippen LogP contribution in [0.2, 0.25) is 5.02 Å². The minimum absolute atomic E-state index is 0.00168. The maximum atomic E-state index is 13.2. The number of halogens is 1. The van der Waals surface area contributed by atoms with Gasteiger partial charge < -0.3 is 30.6 Å². The minimum Gasteiger partial charge on any atom is -0.389 e. The number of nitrogens with one attached hydrogen (secondary N) is 1. The number of nitrogens with zero attached hydrogens (tertiary/aromatic N) is 6. The first-order chi connectivity index (χ1) is 22.9. The summed E-state index contributed by atoms with van der Waals surface area (Å²) in [5, 5.41) is 36.8. The molecule has 12 heteroatoms. The van der Waals surface area contributed by atoms with Crippen molar-refractivity contribution >= 4 is 73.1 Å². The van der Waals surface area contributed by atoms with Gasteiger partial charge in [-0.1, -0.05) is 74.0 Å². The standard InChI is InChI=1S/C36H37ClN8O3/c1-20(2)17-36(48,21-13-15-22(37)16-14-21)45(34-42-28-23-9-5-7-11-25(23)39-32(38)29(28)43-34)33-30-31(24-10-6-8-12-26(24)40-33)44(19-35(3,4)47)27(18-46)41-30/h5-16,20,46-48H,17-19H2,1-4H3,(H2,38,39)(H,42,43). The first-order valence-corrected chi connectivity index (χ1v) is 16.2. The first kappa shape index (κ1) is 31.8. The molecule has 0 aliphatic rings. The topological polar surface area (TPSA) is 162 Å². The molecular weight excluding hydrogens is 628 g/mol. The van der Waals surface area contributed by atoms with E-state index in [1.165, 1.54) is 0 Å². The molecule has 0 aliphatic carbocycles. The van der Waals surface area contributed by atoms with E-state index < -0.39 is 11.3 Å². The van der Waals surface area contributed by atoms with Crippen LogP contribution in [0, 0.1) is 5.92 Å². The smallest absolute Gasteiger partial charge is 0.212 e. The molecule has 246 valence electrons. The first-order valence-electron chi connectivity index (χ1n) is 15.8. The van der Waals surface area contributed by atoms with E-state index in [0.29, 0.717) is 55.3 Å². The number of fused-ring (bicyclic) bond motifs is 6. The van der Waals surface area contributed by atoms with Crippen LogP contribution in [0.5, 0.6) is 0 Å². The highest BCUT2D eigenvalue weighted by atomic mass is 35.5. The van der Waals surface area contributed by atoms with Crippen molar-refractivity contribution < 1.29 is 15.3 Å². The van der Waals surface area contributed by atoms with Crippen molar-refractivity contribution in [3.05, 3.63) is 89.2 Å². The van der Waals surface area contributed by atoms with Crippen LogP contribution in [-0.4, -0.2) is 50.4 Å². The zero-order valence-corrected chi connectivity index (χ0v) is 27.9. The molecular formula is C36H37ClN8O3. The summed E-state index contributed by atoms with van der Waals surface area (Å²) in [6.07, 6.45) is 0.257. The predicted molar refractivity (Wildman–Crippen MR) is 190 cm³/mol. The quantitative estimate of drug-likeness (QED) is 0.108. The monoisotopic (exact) mass is 664 g/mol. The third-order valence-electron chi connectivity index (χ3n) is 8.47. The van der Waals surface area contributed by atoms with Gasteiger partial charge in [0.15, 0.2) is 11.5 Å². The highest BCUT2D eigenvalue weighted by molar-refractivity contribution is 6.30. The van der Waals surface area contributed by atoms with Crippen LogP contribution in [0.3, 0.4) is 0 Å². The maximum Gasteiger partial charge on any atom is 0.212 e. The largest absolute Gasteiger partial charge is 0.389 e. The maximum absolute atomic E-state index is 13.2. The van der Waals surface area contributed by atoms with Crippen molar-refractivity contribution in [3.8, 4) is 0 Å². The number of rotatable bonds is 9. The van der Waals surface area contributed by atoms with Gasteiger partial charge in [0, 0.05) is 27.8 Å². The second kappa shape index (κ2) is 11.7. The molecule has 7 rings (SSSR count). The Kier molecular flexibility index (Phi) is 7.75. The van der Waals surface area contributed by atoms with Crippen molar-refractivity contribution in [1.82, 2.24) is 29.5 Å². The van der Waals surface area contributed by atoms with Gasteiger partial charge in [-0.15, -0.1) is 0 Å². The average molecular weight is 665 g/mol. The number of imidazole rings is 2.